The molecular weight excluding hydrogens is 371 g/mol. The van der Waals surface area contributed by atoms with E-state index in [1.165, 1.54) is 0 Å². The van der Waals surface area contributed by atoms with E-state index in [-0.39, 0.29) is 0 Å². The summed E-state index contributed by atoms with van der Waals surface area (Å²) in [6.07, 6.45) is 3.81. The van der Waals surface area contributed by atoms with Gasteiger partial charge < -0.3 is 14.7 Å². The van der Waals surface area contributed by atoms with E-state index in [4.69, 9.17) is 27.9 Å². The van der Waals surface area contributed by atoms with Crippen LogP contribution in [0.5, 0.6) is 5.75 Å². The van der Waals surface area contributed by atoms with Crippen LogP contribution in [0, 0.1) is 0 Å². The minimum Gasteiger partial charge on any atom is -0.496 e. The number of benzene rings is 1. The molecule has 0 radical (unpaired) electrons. The molecular formula is C20H28Cl2N2O2. The molecule has 4 nitrogen and oxygen atoms in total. The highest BCUT2D eigenvalue weighted by atomic mass is 35.5. The average molecular weight is 399 g/mol. The molecule has 1 N–H and O–H groups in total. The number of rotatable bonds is 10. The van der Waals surface area contributed by atoms with Gasteiger partial charge in [-0.2, -0.15) is 0 Å². The van der Waals surface area contributed by atoms with Crippen molar-refractivity contribution in [2.45, 2.75) is 45.6 Å². The van der Waals surface area contributed by atoms with E-state index in [0.29, 0.717) is 33.6 Å². The topological polar surface area (TPSA) is 45.6 Å². The van der Waals surface area contributed by atoms with Crippen LogP contribution in [0.2, 0.25) is 10.0 Å². The molecule has 0 fully saturated rings. The maximum atomic E-state index is 10.8. The fraction of sp³-hybridized carbons (Fsp3) is 0.550. The maximum absolute atomic E-state index is 10.8. The summed E-state index contributed by atoms with van der Waals surface area (Å²) in [5.74, 6) is 0.613. The number of halogens is 2. The molecule has 1 aromatic carbocycles. The van der Waals surface area contributed by atoms with Gasteiger partial charge in [-0.1, -0.05) is 49.9 Å². The number of aliphatic hydroxyl groups is 1. The monoisotopic (exact) mass is 398 g/mol. The van der Waals surface area contributed by atoms with E-state index in [1.54, 1.807) is 25.3 Å². The van der Waals surface area contributed by atoms with Crippen LogP contribution in [0.4, 0.5) is 0 Å². The Kier molecular flexibility index (Phi) is 8.42. The number of pyridine rings is 1. The lowest BCUT2D eigenvalue weighted by atomic mass is 10.1. The van der Waals surface area contributed by atoms with Gasteiger partial charge in [0.15, 0.2) is 0 Å². The van der Waals surface area contributed by atoms with Crippen LogP contribution in [0.1, 0.15) is 51.3 Å². The lowest BCUT2D eigenvalue weighted by Crippen LogP contribution is -2.31. The third kappa shape index (κ3) is 5.46. The zero-order valence-corrected chi connectivity index (χ0v) is 17.3. The van der Waals surface area contributed by atoms with Crippen molar-refractivity contribution in [1.29, 1.82) is 0 Å². The maximum Gasteiger partial charge on any atom is 0.130 e. The third-order valence-electron chi connectivity index (χ3n) is 4.46. The highest BCUT2D eigenvalue weighted by Crippen LogP contribution is 2.34. The molecule has 1 heterocycles. The Morgan fingerprint density at radius 2 is 1.77 bits per heavy atom. The lowest BCUT2D eigenvalue weighted by Gasteiger charge is -2.25. The lowest BCUT2D eigenvalue weighted by molar-refractivity contribution is 0.108. The number of aromatic nitrogens is 1. The highest BCUT2D eigenvalue weighted by molar-refractivity contribution is 6.38. The van der Waals surface area contributed by atoms with Crippen molar-refractivity contribution in [3.05, 3.63) is 33.9 Å². The van der Waals surface area contributed by atoms with Crippen molar-refractivity contribution in [2.75, 3.05) is 26.7 Å². The van der Waals surface area contributed by atoms with Gasteiger partial charge in [0.25, 0.3) is 0 Å². The van der Waals surface area contributed by atoms with Crippen LogP contribution in [0.25, 0.3) is 10.9 Å². The van der Waals surface area contributed by atoms with Gasteiger partial charge in [-0.05, 0) is 38.1 Å². The SMILES string of the molecule is CCCCN(CCCC)C[C@@H](O)c1cc(OC)c2cc(Cl)cc(Cl)c2n1. The summed E-state index contributed by atoms with van der Waals surface area (Å²) in [5.41, 5.74) is 1.16. The zero-order chi connectivity index (χ0) is 19.1. The molecule has 144 valence electrons. The number of hydrogen-bond donors (Lipinski definition) is 1. The molecule has 6 heteroatoms. The van der Waals surface area contributed by atoms with Gasteiger partial charge >= 0.3 is 0 Å². The van der Waals surface area contributed by atoms with Gasteiger partial charge in [-0.25, -0.2) is 4.98 Å². The van der Waals surface area contributed by atoms with Gasteiger partial charge in [0.2, 0.25) is 0 Å². The van der Waals surface area contributed by atoms with Crippen LogP contribution >= 0.6 is 23.2 Å². The van der Waals surface area contributed by atoms with Crippen molar-refractivity contribution >= 4 is 34.1 Å². The summed E-state index contributed by atoms with van der Waals surface area (Å²) >= 11 is 12.4. The molecule has 1 aromatic heterocycles. The molecule has 0 spiro atoms. The van der Waals surface area contributed by atoms with Crippen molar-refractivity contribution < 1.29 is 9.84 Å². The predicted octanol–water partition coefficient (Wildman–Crippen LogP) is 5.49. The molecule has 1 atom stereocenters. The molecule has 0 saturated heterocycles. The van der Waals surface area contributed by atoms with E-state index in [1.807, 2.05) is 0 Å². The molecule has 0 saturated carbocycles. The molecule has 0 bridgehead atoms. The molecule has 2 aromatic rings. The second-order valence-electron chi connectivity index (χ2n) is 6.56. The second kappa shape index (κ2) is 10.3. The first-order valence-electron chi connectivity index (χ1n) is 9.24. The number of ether oxygens (including phenoxy) is 1. The number of nitrogens with zero attached hydrogens (tertiary/aromatic N) is 2. The van der Waals surface area contributed by atoms with Crippen molar-refractivity contribution in [3.8, 4) is 5.75 Å². The first kappa shape index (κ1) is 21.2. The molecule has 0 amide bonds. The van der Waals surface area contributed by atoms with E-state index in [0.717, 1.165) is 44.2 Å². The summed E-state index contributed by atoms with van der Waals surface area (Å²) in [5, 5.41) is 12.5. The van der Waals surface area contributed by atoms with Gasteiger partial charge in [-0.15, -0.1) is 0 Å². The largest absolute Gasteiger partial charge is 0.496 e. The third-order valence-corrected chi connectivity index (χ3v) is 4.97. The summed E-state index contributed by atoms with van der Waals surface area (Å²) in [7, 11) is 1.59. The number of methoxy groups -OCH3 is 1. The van der Waals surface area contributed by atoms with Crippen LogP contribution in [0.3, 0.4) is 0 Å². The van der Waals surface area contributed by atoms with E-state index < -0.39 is 6.10 Å². The Bertz CT molecular complexity index is 717. The van der Waals surface area contributed by atoms with Crippen LogP contribution in [-0.2, 0) is 0 Å². The minimum atomic E-state index is -0.700. The molecule has 0 aliphatic carbocycles. The Labute approximate surface area is 166 Å². The van der Waals surface area contributed by atoms with Gasteiger partial charge in [0.1, 0.15) is 11.9 Å². The normalized spacial score (nSPS) is 12.7. The Balaban J connectivity index is 2.29. The fourth-order valence-corrected chi connectivity index (χ4v) is 3.51. The predicted molar refractivity (Wildman–Crippen MR) is 110 cm³/mol. The Morgan fingerprint density at radius 1 is 1.12 bits per heavy atom. The summed E-state index contributed by atoms with van der Waals surface area (Å²) in [6, 6.07) is 5.21. The molecule has 0 unspecified atom stereocenters. The van der Waals surface area contributed by atoms with E-state index in [2.05, 4.69) is 23.7 Å². The first-order chi connectivity index (χ1) is 12.5. The average Bonchev–Trinajstić information content (AvgIpc) is 2.63. The number of aliphatic hydroxyl groups excluding tert-OH is 1. The van der Waals surface area contributed by atoms with Gasteiger partial charge in [-0.3, -0.25) is 0 Å². The summed E-state index contributed by atoms with van der Waals surface area (Å²) in [6.45, 7) is 6.87. The number of hydrogen-bond acceptors (Lipinski definition) is 4. The van der Waals surface area contributed by atoms with Gasteiger partial charge in [0, 0.05) is 23.0 Å². The minimum absolute atomic E-state index is 0.452. The number of fused-ring (bicyclic) bond motifs is 1. The van der Waals surface area contributed by atoms with Crippen molar-refractivity contribution in [3.63, 3.8) is 0 Å². The van der Waals surface area contributed by atoms with Gasteiger partial charge in [0.05, 0.1) is 23.3 Å². The van der Waals surface area contributed by atoms with Crippen molar-refractivity contribution in [1.82, 2.24) is 9.88 Å². The molecule has 2 rings (SSSR count). The fourth-order valence-electron chi connectivity index (χ4n) is 2.98. The molecule has 0 aliphatic heterocycles. The zero-order valence-electron chi connectivity index (χ0n) is 15.8. The first-order valence-corrected chi connectivity index (χ1v) is 9.99. The van der Waals surface area contributed by atoms with Crippen LogP contribution < -0.4 is 4.74 Å². The van der Waals surface area contributed by atoms with E-state index in [9.17, 15) is 5.11 Å². The molecule has 26 heavy (non-hydrogen) atoms. The Hall–Kier alpha value is -1.07. The van der Waals surface area contributed by atoms with Crippen LogP contribution in [0.15, 0.2) is 18.2 Å². The van der Waals surface area contributed by atoms with Crippen molar-refractivity contribution in [2.24, 2.45) is 0 Å². The van der Waals surface area contributed by atoms with E-state index >= 15 is 0 Å². The number of unbranched alkanes of at least 4 members (excludes halogenated alkanes) is 2. The highest BCUT2D eigenvalue weighted by Gasteiger charge is 2.18. The van der Waals surface area contributed by atoms with Crippen LogP contribution in [-0.4, -0.2) is 41.7 Å². The smallest absolute Gasteiger partial charge is 0.130 e. The second-order valence-corrected chi connectivity index (χ2v) is 7.40. The standard InChI is InChI=1S/C20H28Cl2N2O2/c1-4-6-8-24(9-7-5-2)13-18(25)17-12-19(26-3)15-10-14(21)11-16(22)20(15)23-17/h10-12,18,25H,4-9,13H2,1-3H3/t18-/m1/s1. The quantitative estimate of drug-likeness (QED) is 0.574. The summed E-state index contributed by atoms with van der Waals surface area (Å²) < 4.78 is 5.48. The molecule has 0 aliphatic rings. The summed E-state index contributed by atoms with van der Waals surface area (Å²) in [4.78, 5) is 6.90. The Morgan fingerprint density at radius 3 is 2.35 bits per heavy atom.